The average molecular weight is 274 g/mol. The third-order valence-electron chi connectivity index (χ3n) is 4.96. The van der Waals surface area contributed by atoms with Crippen molar-refractivity contribution in [2.45, 2.75) is 44.7 Å². The Kier molecular flexibility index (Phi) is 4.27. The van der Waals surface area contributed by atoms with Gasteiger partial charge in [0.1, 0.15) is 5.75 Å². The highest BCUT2D eigenvalue weighted by Crippen LogP contribution is 2.31. The van der Waals surface area contributed by atoms with Crippen LogP contribution in [0.5, 0.6) is 5.75 Å². The van der Waals surface area contributed by atoms with E-state index >= 15 is 0 Å². The first kappa shape index (κ1) is 13.9. The molecule has 110 valence electrons. The Bertz CT molecular complexity index is 425. The van der Waals surface area contributed by atoms with E-state index < -0.39 is 0 Å². The minimum absolute atomic E-state index is 0.361. The molecule has 0 saturated carbocycles. The van der Waals surface area contributed by atoms with Crippen molar-refractivity contribution >= 4 is 0 Å². The smallest absolute Gasteiger partial charge is 0.115 e. The lowest BCUT2D eigenvalue weighted by atomic mass is 10.0. The van der Waals surface area contributed by atoms with Gasteiger partial charge in [-0.1, -0.05) is 19.1 Å². The molecule has 2 fully saturated rings. The predicted octanol–water partition coefficient (Wildman–Crippen LogP) is 3.01. The van der Waals surface area contributed by atoms with Crippen LogP contribution >= 0.6 is 0 Å². The molecule has 20 heavy (non-hydrogen) atoms. The van der Waals surface area contributed by atoms with Gasteiger partial charge < -0.3 is 5.11 Å². The van der Waals surface area contributed by atoms with E-state index in [9.17, 15) is 5.11 Å². The lowest BCUT2D eigenvalue weighted by Gasteiger charge is -2.29. The minimum atomic E-state index is 0.361. The third kappa shape index (κ3) is 2.84. The van der Waals surface area contributed by atoms with Crippen LogP contribution < -0.4 is 0 Å². The molecule has 1 N–H and O–H groups in total. The lowest BCUT2D eigenvalue weighted by Crippen LogP contribution is -2.36. The maximum absolute atomic E-state index is 9.44. The van der Waals surface area contributed by atoms with Gasteiger partial charge in [-0.2, -0.15) is 0 Å². The van der Waals surface area contributed by atoms with Crippen LogP contribution in [-0.4, -0.2) is 47.1 Å². The summed E-state index contributed by atoms with van der Waals surface area (Å²) in [6.45, 7) is 7.28. The molecule has 0 aliphatic carbocycles. The summed E-state index contributed by atoms with van der Waals surface area (Å²) in [6.07, 6.45) is 5.21. The van der Waals surface area contributed by atoms with Crippen molar-refractivity contribution < 1.29 is 5.11 Å². The summed E-state index contributed by atoms with van der Waals surface area (Å²) in [5.74, 6) is 0.361. The second-order valence-corrected chi connectivity index (χ2v) is 6.20. The molecule has 3 rings (SSSR count). The Morgan fingerprint density at radius 1 is 1.15 bits per heavy atom. The monoisotopic (exact) mass is 274 g/mol. The van der Waals surface area contributed by atoms with E-state index in [0.29, 0.717) is 11.8 Å². The van der Waals surface area contributed by atoms with Gasteiger partial charge in [0.25, 0.3) is 0 Å². The van der Waals surface area contributed by atoms with Crippen LogP contribution in [-0.2, 0) is 0 Å². The second kappa shape index (κ2) is 6.15. The van der Waals surface area contributed by atoms with E-state index in [1.807, 2.05) is 12.1 Å². The number of aromatic hydroxyl groups is 1. The van der Waals surface area contributed by atoms with Crippen LogP contribution in [0.3, 0.4) is 0 Å². The number of benzene rings is 1. The molecule has 0 amide bonds. The molecule has 2 aliphatic rings. The topological polar surface area (TPSA) is 26.7 Å². The first-order valence-corrected chi connectivity index (χ1v) is 8.05. The SMILES string of the molecule is CCC(c1ccc(O)cc1)N1CCC(N2CCCC2)C1. The zero-order chi connectivity index (χ0) is 13.9. The van der Waals surface area contributed by atoms with Crippen molar-refractivity contribution in [3.63, 3.8) is 0 Å². The molecular formula is C17H26N2O. The molecule has 2 aliphatic heterocycles. The Balaban J connectivity index is 1.66. The van der Waals surface area contributed by atoms with Crippen molar-refractivity contribution in [1.82, 2.24) is 9.80 Å². The lowest BCUT2D eigenvalue weighted by molar-refractivity contribution is 0.197. The Morgan fingerprint density at radius 2 is 1.85 bits per heavy atom. The van der Waals surface area contributed by atoms with E-state index in [-0.39, 0.29) is 0 Å². The molecule has 2 saturated heterocycles. The van der Waals surface area contributed by atoms with Gasteiger partial charge in [-0.25, -0.2) is 0 Å². The van der Waals surface area contributed by atoms with Crippen molar-refractivity contribution in [1.29, 1.82) is 0 Å². The standard InChI is InChI=1S/C17H26N2O/c1-2-17(14-5-7-16(20)8-6-14)19-12-9-15(13-19)18-10-3-4-11-18/h5-8,15,17,20H,2-4,9-13H2,1H3. The van der Waals surface area contributed by atoms with Crippen molar-refractivity contribution in [2.75, 3.05) is 26.2 Å². The number of hydrogen-bond acceptors (Lipinski definition) is 3. The number of hydrogen-bond donors (Lipinski definition) is 1. The normalized spacial score (nSPS) is 26.1. The summed E-state index contributed by atoms with van der Waals surface area (Å²) in [6, 6.07) is 9.05. The van der Waals surface area contributed by atoms with E-state index in [1.165, 1.54) is 51.0 Å². The first-order chi connectivity index (χ1) is 9.78. The quantitative estimate of drug-likeness (QED) is 0.914. The number of nitrogens with zero attached hydrogens (tertiary/aromatic N) is 2. The number of phenolic OH excluding ortho intramolecular Hbond substituents is 1. The highest BCUT2D eigenvalue weighted by atomic mass is 16.3. The van der Waals surface area contributed by atoms with Gasteiger partial charge in [-0.05, 0) is 56.5 Å². The zero-order valence-corrected chi connectivity index (χ0v) is 12.5. The van der Waals surface area contributed by atoms with Gasteiger partial charge in [0.15, 0.2) is 0 Å². The molecule has 2 atom stereocenters. The van der Waals surface area contributed by atoms with Crippen molar-refractivity contribution in [3.05, 3.63) is 29.8 Å². The average Bonchev–Trinajstić information content (AvgIpc) is 3.12. The molecule has 2 unspecified atom stereocenters. The molecule has 0 radical (unpaired) electrons. The summed E-state index contributed by atoms with van der Waals surface area (Å²) in [5, 5.41) is 9.44. The highest BCUT2D eigenvalue weighted by molar-refractivity contribution is 5.28. The molecule has 2 heterocycles. The molecule has 1 aromatic rings. The Morgan fingerprint density at radius 3 is 2.50 bits per heavy atom. The van der Waals surface area contributed by atoms with Gasteiger partial charge in [0, 0.05) is 25.2 Å². The van der Waals surface area contributed by atoms with E-state index in [4.69, 9.17) is 0 Å². The zero-order valence-electron chi connectivity index (χ0n) is 12.5. The van der Waals surface area contributed by atoms with Gasteiger partial charge in [0.05, 0.1) is 0 Å². The van der Waals surface area contributed by atoms with Crippen LogP contribution in [0, 0.1) is 0 Å². The molecule has 0 spiro atoms. The Hall–Kier alpha value is -1.06. The molecular weight excluding hydrogens is 248 g/mol. The van der Waals surface area contributed by atoms with E-state index in [0.717, 1.165) is 12.5 Å². The summed E-state index contributed by atoms with van der Waals surface area (Å²) in [5.41, 5.74) is 1.34. The second-order valence-electron chi connectivity index (χ2n) is 6.20. The van der Waals surface area contributed by atoms with Gasteiger partial charge in [0.2, 0.25) is 0 Å². The van der Waals surface area contributed by atoms with Crippen molar-refractivity contribution in [3.8, 4) is 5.75 Å². The fraction of sp³-hybridized carbons (Fsp3) is 0.647. The fourth-order valence-electron chi connectivity index (χ4n) is 3.86. The Labute approximate surface area is 122 Å². The third-order valence-corrected chi connectivity index (χ3v) is 4.96. The van der Waals surface area contributed by atoms with Crippen LogP contribution in [0.2, 0.25) is 0 Å². The predicted molar refractivity (Wildman–Crippen MR) is 81.9 cm³/mol. The molecule has 3 nitrogen and oxygen atoms in total. The first-order valence-electron chi connectivity index (χ1n) is 8.05. The maximum Gasteiger partial charge on any atom is 0.115 e. The number of rotatable bonds is 4. The van der Waals surface area contributed by atoms with E-state index in [1.54, 1.807) is 0 Å². The number of likely N-dealkylation sites (tertiary alicyclic amines) is 2. The van der Waals surface area contributed by atoms with E-state index in [2.05, 4.69) is 28.9 Å². The maximum atomic E-state index is 9.44. The van der Waals surface area contributed by atoms with Crippen LogP contribution in [0.15, 0.2) is 24.3 Å². The molecule has 0 bridgehead atoms. The van der Waals surface area contributed by atoms with Crippen molar-refractivity contribution in [2.24, 2.45) is 0 Å². The van der Waals surface area contributed by atoms with Gasteiger partial charge in [-0.3, -0.25) is 9.80 Å². The summed E-state index contributed by atoms with van der Waals surface area (Å²) in [4.78, 5) is 5.32. The molecule has 3 heteroatoms. The van der Waals surface area contributed by atoms with Crippen LogP contribution in [0.25, 0.3) is 0 Å². The van der Waals surface area contributed by atoms with Crippen LogP contribution in [0.4, 0.5) is 0 Å². The molecule has 1 aromatic carbocycles. The van der Waals surface area contributed by atoms with Gasteiger partial charge in [-0.15, -0.1) is 0 Å². The summed E-state index contributed by atoms with van der Waals surface area (Å²) >= 11 is 0. The summed E-state index contributed by atoms with van der Waals surface area (Å²) < 4.78 is 0. The fourth-order valence-corrected chi connectivity index (χ4v) is 3.86. The molecule has 0 aromatic heterocycles. The van der Waals surface area contributed by atoms with Crippen LogP contribution in [0.1, 0.15) is 44.2 Å². The summed E-state index contributed by atoms with van der Waals surface area (Å²) in [7, 11) is 0. The van der Waals surface area contributed by atoms with Gasteiger partial charge >= 0.3 is 0 Å². The highest BCUT2D eigenvalue weighted by Gasteiger charge is 2.32. The minimum Gasteiger partial charge on any atom is -0.508 e. The largest absolute Gasteiger partial charge is 0.508 e. The number of phenols is 1.